The first-order chi connectivity index (χ1) is 15.9. The van der Waals surface area contributed by atoms with Gasteiger partial charge in [-0.05, 0) is 50.2 Å². The highest BCUT2D eigenvalue weighted by Gasteiger charge is 2.23. The minimum absolute atomic E-state index is 0.149. The van der Waals surface area contributed by atoms with Crippen LogP contribution in [0.5, 0.6) is 23.0 Å². The number of amides is 1. The Hall–Kier alpha value is -2.97. The minimum atomic E-state index is -0.149. The number of nitrogens with one attached hydrogen (secondary N) is 1. The smallest absolute Gasteiger partial charge is 0.252 e. The number of fused-ring (bicyclic) bond motifs is 2. The summed E-state index contributed by atoms with van der Waals surface area (Å²) in [6.45, 7) is 7.60. The Morgan fingerprint density at radius 2 is 1.70 bits per heavy atom. The SMILES string of the molecule is CC.COc1cc(C(=O)NCCN(C)C)c(-c2sc3cc4c(cc3c2C)OCO4)cc1OC. The van der Waals surface area contributed by atoms with Gasteiger partial charge in [0.1, 0.15) is 0 Å². The molecule has 0 aliphatic carbocycles. The van der Waals surface area contributed by atoms with Gasteiger partial charge >= 0.3 is 0 Å². The monoisotopic (exact) mass is 472 g/mol. The molecule has 1 N–H and O–H groups in total. The van der Waals surface area contributed by atoms with Crippen LogP contribution in [0.25, 0.3) is 20.5 Å². The van der Waals surface area contributed by atoms with Crippen LogP contribution in [0, 0.1) is 6.92 Å². The number of rotatable bonds is 7. The number of hydrogen-bond donors (Lipinski definition) is 1. The number of carbonyl (C=O) groups excluding carboxylic acids is 1. The van der Waals surface area contributed by atoms with Crippen LogP contribution in [-0.4, -0.2) is 59.0 Å². The largest absolute Gasteiger partial charge is 0.493 e. The van der Waals surface area contributed by atoms with Gasteiger partial charge in [0.25, 0.3) is 5.91 Å². The van der Waals surface area contributed by atoms with Crippen molar-refractivity contribution in [3.05, 3.63) is 35.4 Å². The predicted octanol–water partition coefficient (Wildman–Crippen LogP) is 4.94. The van der Waals surface area contributed by atoms with Gasteiger partial charge in [-0.1, -0.05) is 13.8 Å². The lowest BCUT2D eigenvalue weighted by molar-refractivity contribution is 0.0951. The van der Waals surface area contributed by atoms with E-state index < -0.39 is 0 Å². The molecule has 0 radical (unpaired) electrons. The molecule has 8 heteroatoms. The quantitative estimate of drug-likeness (QED) is 0.525. The van der Waals surface area contributed by atoms with Crippen LogP contribution in [0.15, 0.2) is 24.3 Å². The van der Waals surface area contributed by atoms with E-state index in [1.807, 2.05) is 51.0 Å². The van der Waals surface area contributed by atoms with Crippen molar-refractivity contribution in [3.8, 4) is 33.4 Å². The summed E-state index contributed by atoms with van der Waals surface area (Å²) >= 11 is 1.62. The van der Waals surface area contributed by atoms with Gasteiger partial charge in [-0.3, -0.25) is 4.79 Å². The number of carbonyl (C=O) groups is 1. The minimum Gasteiger partial charge on any atom is -0.493 e. The third kappa shape index (κ3) is 5.02. The zero-order valence-corrected chi connectivity index (χ0v) is 21.1. The molecule has 0 bridgehead atoms. The second-order valence-electron chi connectivity index (χ2n) is 7.57. The summed E-state index contributed by atoms with van der Waals surface area (Å²) in [6, 6.07) is 7.62. The first-order valence-electron chi connectivity index (χ1n) is 10.9. The molecule has 3 aromatic rings. The van der Waals surface area contributed by atoms with Gasteiger partial charge in [-0.2, -0.15) is 0 Å². The molecular weight excluding hydrogens is 440 g/mol. The molecule has 0 spiro atoms. The first kappa shape index (κ1) is 24.7. The van der Waals surface area contributed by atoms with Crippen molar-refractivity contribution >= 4 is 27.3 Å². The summed E-state index contributed by atoms with van der Waals surface area (Å²) in [6.07, 6.45) is 0. The van der Waals surface area contributed by atoms with Crippen molar-refractivity contribution in [2.45, 2.75) is 20.8 Å². The van der Waals surface area contributed by atoms with Crippen LogP contribution >= 0.6 is 11.3 Å². The van der Waals surface area contributed by atoms with E-state index >= 15 is 0 Å². The molecule has 0 saturated heterocycles. The number of methoxy groups -OCH3 is 2. The zero-order chi connectivity index (χ0) is 24.1. The van der Waals surface area contributed by atoms with E-state index in [2.05, 4.69) is 12.2 Å². The van der Waals surface area contributed by atoms with Gasteiger partial charge in [0, 0.05) is 34.3 Å². The van der Waals surface area contributed by atoms with Crippen molar-refractivity contribution < 1.29 is 23.7 Å². The molecule has 1 aromatic heterocycles. The van der Waals surface area contributed by atoms with Crippen LogP contribution in [0.3, 0.4) is 0 Å². The van der Waals surface area contributed by atoms with Gasteiger partial charge in [-0.25, -0.2) is 0 Å². The second kappa shape index (κ2) is 10.8. The number of likely N-dealkylation sites (N-methyl/N-ethyl adjacent to an activating group) is 1. The summed E-state index contributed by atoms with van der Waals surface area (Å²) in [7, 11) is 7.10. The highest BCUT2D eigenvalue weighted by atomic mass is 32.1. The average molecular weight is 473 g/mol. The molecule has 1 amide bonds. The third-order valence-electron chi connectivity index (χ3n) is 5.29. The Bertz CT molecular complexity index is 1140. The molecule has 178 valence electrons. The molecular formula is C25H32N2O5S. The summed E-state index contributed by atoms with van der Waals surface area (Å²) in [4.78, 5) is 16.1. The van der Waals surface area contributed by atoms with Gasteiger partial charge in [0.15, 0.2) is 23.0 Å². The lowest BCUT2D eigenvalue weighted by atomic mass is 10.00. The van der Waals surface area contributed by atoms with Crippen LogP contribution in [0.1, 0.15) is 29.8 Å². The first-order valence-corrected chi connectivity index (χ1v) is 11.8. The van der Waals surface area contributed by atoms with E-state index in [0.717, 1.165) is 44.1 Å². The Morgan fingerprint density at radius 3 is 2.33 bits per heavy atom. The molecule has 0 fully saturated rings. The number of hydrogen-bond acceptors (Lipinski definition) is 7. The Labute approximate surface area is 199 Å². The van der Waals surface area contributed by atoms with Crippen molar-refractivity contribution in [2.75, 3.05) is 48.2 Å². The van der Waals surface area contributed by atoms with Crippen molar-refractivity contribution in [3.63, 3.8) is 0 Å². The van der Waals surface area contributed by atoms with Crippen LogP contribution < -0.4 is 24.3 Å². The molecule has 4 rings (SSSR count). The standard InChI is InChI=1S/C23H26N2O5S.C2H6/c1-13-14-8-19-20(30-12-29-19)11-21(14)31-22(13)15-9-17(27-4)18(28-5)10-16(15)23(26)24-6-7-25(2)3;1-2/h8-11H,6-7,12H2,1-5H3,(H,24,26);1-2H3. The molecule has 1 aliphatic heterocycles. The number of aryl methyl sites for hydroxylation is 1. The molecule has 0 saturated carbocycles. The maximum Gasteiger partial charge on any atom is 0.252 e. The van der Waals surface area contributed by atoms with Gasteiger partial charge < -0.3 is 29.2 Å². The van der Waals surface area contributed by atoms with E-state index in [4.69, 9.17) is 18.9 Å². The fourth-order valence-corrected chi connectivity index (χ4v) is 4.86. The maximum absolute atomic E-state index is 13.1. The molecule has 0 unspecified atom stereocenters. The average Bonchev–Trinajstić information content (AvgIpc) is 3.41. The summed E-state index contributed by atoms with van der Waals surface area (Å²) in [5.74, 6) is 2.43. The molecule has 2 aromatic carbocycles. The molecule has 2 heterocycles. The van der Waals surface area contributed by atoms with Crippen molar-refractivity contribution in [2.24, 2.45) is 0 Å². The predicted molar refractivity (Wildman–Crippen MR) is 133 cm³/mol. The number of thiophene rings is 1. The Balaban J connectivity index is 0.00000149. The summed E-state index contributed by atoms with van der Waals surface area (Å²) in [5, 5.41) is 4.09. The molecule has 33 heavy (non-hydrogen) atoms. The Morgan fingerprint density at radius 1 is 1.06 bits per heavy atom. The molecule has 0 atom stereocenters. The highest BCUT2D eigenvalue weighted by Crippen LogP contribution is 2.46. The lowest BCUT2D eigenvalue weighted by Gasteiger charge is -2.16. The van der Waals surface area contributed by atoms with E-state index in [-0.39, 0.29) is 12.7 Å². The maximum atomic E-state index is 13.1. The van der Waals surface area contributed by atoms with E-state index in [0.29, 0.717) is 23.6 Å². The highest BCUT2D eigenvalue weighted by molar-refractivity contribution is 7.22. The second-order valence-corrected chi connectivity index (χ2v) is 8.62. The van der Waals surface area contributed by atoms with E-state index in [1.165, 1.54) is 0 Å². The normalized spacial score (nSPS) is 11.9. The van der Waals surface area contributed by atoms with E-state index in [9.17, 15) is 4.79 Å². The zero-order valence-electron chi connectivity index (χ0n) is 20.3. The lowest BCUT2D eigenvalue weighted by Crippen LogP contribution is -2.31. The van der Waals surface area contributed by atoms with Crippen molar-refractivity contribution in [1.29, 1.82) is 0 Å². The number of benzene rings is 2. The Kier molecular flexibility index (Phi) is 8.05. The number of nitrogens with zero attached hydrogens (tertiary/aromatic N) is 1. The van der Waals surface area contributed by atoms with Crippen LogP contribution in [0.4, 0.5) is 0 Å². The molecule has 7 nitrogen and oxygen atoms in total. The topological polar surface area (TPSA) is 69.3 Å². The number of ether oxygens (including phenoxy) is 4. The van der Waals surface area contributed by atoms with Gasteiger partial charge in [-0.15, -0.1) is 11.3 Å². The summed E-state index contributed by atoms with van der Waals surface area (Å²) < 4.78 is 23.1. The van der Waals surface area contributed by atoms with Gasteiger partial charge in [0.2, 0.25) is 6.79 Å². The third-order valence-corrected chi connectivity index (χ3v) is 6.58. The fraction of sp³-hybridized carbons (Fsp3) is 0.400. The van der Waals surface area contributed by atoms with Crippen LogP contribution in [0.2, 0.25) is 0 Å². The fourth-order valence-electron chi connectivity index (χ4n) is 3.61. The van der Waals surface area contributed by atoms with Crippen LogP contribution in [-0.2, 0) is 0 Å². The molecule has 1 aliphatic rings. The van der Waals surface area contributed by atoms with Crippen molar-refractivity contribution in [1.82, 2.24) is 10.2 Å². The van der Waals surface area contributed by atoms with Gasteiger partial charge in [0.05, 0.1) is 19.8 Å². The summed E-state index contributed by atoms with van der Waals surface area (Å²) in [5.41, 5.74) is 2.43. The van der Waals surface area contributed by atoms with E-state index in [1.54, 1.807) is 31.6 Å².